The summed E-state index contributed by atoms with van der Waals surface area (Å²) >= 11 is 1.55. The molecule has 0 saturated carbocycles. The first-order chi connectivity index (χ1) is 8.08. The number of rotatable bonds is 5. The zero-order valence-corrected chi connectivity index (χ0v) is 10.5. The normalized spacial score (nSPS) is 9.76. The van der Waals surface area contributed by atoms with Crippen molar-refractivity contribution in [1.82, 2.24) is 5.32 Å². The molecule has 1 rings (SSSR count). The van der Waals surface area contributed by atoms with E-state index in [4.69, 9.17) is 10.5 Å². The Balaban J connectivity index is 2.89. The SMILES string of the molecule is COc1cc(SC)ccc1C(=O)NCC(N)=O. The Morgan fingerprint density at radius 2 is 2.18 bits per heavy atom. The monoisotopic (exact) mass is 254 g/mol. The van der Waals surface area contributed by atoms with Crippen LogP contribution in [0, 0.1) is 0 Å². The summed E-state index contributed by atoms with van der Waals surface area (Å²) in [4.78, 5) is 23.3. The maximum Gasteiger partial charge on any atom is 0.255 e. The predicted octanol–water partition coefficient (Wildman–Crippen LogP) is 0.632. The van der Waals surface area contributed by atoms with Gasteiger partial charge >= 0.3 is 0 Å². The maximum atomic E-state index is 11.7. The van der Waals surface area contributed by atoms with Crippen LogP contribution in [0.3, 0.4) is 0 Å². The summed E-state index contributed by atoms with van der Waals surface area (Å²) in [6.45, 7) is -0.188. The number of methoxy groups -OCH3 is 1. The Kier molecular flexibility index (Phi) is 4.84. The number of ether oxygens (including phenoxy) is 1. The van der Waals surface area contributed by atoms with E-state index in [1.54, 1.807) is 23.9 Å². The summed E-state index contributed by atoms with van der Waals surface area (Å²) in [7, 11) is 1.49. The van der Waals surface area contributed by atoms with Gasteiger partial charge in [0.15, 0.2) is 0 Å². The second-order valence-corrected chi connectivity index (χ2v) is 4.09. The quantitative estimate of drug-likeness (QED) is 0.755. The minimum absolute atomic E-state index is 0.188. The molecule has 3 N–H and O–H groups in total. The van der Waals surface area contributed by atoms with E-state index in [-0.39, 0.29) is 12.5 Å². The number of nitrogens with two attached hydrogens (primary N) is 1. The third kappa shape index (κ3) is 3.67. The minimum Gasteiger partial charge on any atom is -0.496 e. The molecule has 2 amide bonds. The van der Waals surface area contributed by atoms with Crippen molar-refractivity contribution in [3.63, 3.8) is 0 Å². The summed E-state index contributed by atoms with van der Waals surface area (Å²) < 4.78 is 5.13. The third-order valence-corrected chi connectivity index (χ3v) is 2.80. The van der Waals surface area contributed by atoms with E-state index in [0.29, 0.717) is 11.3 Å². The van der Waals surface area contributed by atoms with Gasteiger partial charge in [0.1, 0.15) is 5.75 Å². The van der Waals surface area contributed by atoms with Gasteiger partial charge in [-0.3, -0.25) is 9.59 Å². The van der Waals surface area contributed by atoms with Crippen molar-refractivity contribution < 1.29 is 14.3 Å². The Morgan fingerprint density at radius 3 is 2.71 bits per heavy atom. The van der Waals surface area contributed by atoms with Gasteiger partial charge in [-0.1, -0.05) is 0 Å². The van der Waals surface area contributed by atoms with E-state index in [9.17, 15) is 9.59 Å². The molecule has 0 aromatic heterocycles. The molecule has 5 nitrogen and oxygen atoms in total. The summed E-state index contributed by atoms with van der Waals surface area (Å²) in [6.07, 6.45) is 1.93. The molecule has 0 fully saturated rings. The van der Waals surface area contributed by atoms with Crippen LogP contribution in [0.25, 0.3) is 0 Å². The minimum atomic E-state index is -0.585. The Hall–Kier alpha value is -1.69. The van der Waals surface area contributed by atoms with Crippen LogP contribution in [0.4, 0.5) is 0 Å². The van der Waals surface area contributed by atoms with Gasteiger partial charge in [-0.25, -0.2) is 0 Å². The number of hydrogen-bond acceptors (Lipinski definition) is 4. The molecule has 0 radical (unpaired) electrons. The highest BCUT2D eigenvalue weighted by molar-refractivity contribution is 7.98. The van der Waals surface area contributed by atoms with E-state index >= 15 is 0 Å². The van der Waals surface area contributed by atoms with E-state index in [2.05, 4.69) is 5.32 Å². The number of nitrogens with one attached hydrogen (secondary N) is 1. The van der Waals surface area contributed by atoms with Crippen molar-refractivity contribution in [2.45, 2.75) is 4.90 Å². The fraction of sp³-hybridized carbons (Fsp3) is 0.273. The fourth-order valence-electron chi connectivity index (χ4n) is 1.25. The molecule has 0 heterocycles. The predicted molar refractivity (Wildman–Crippen MR) is 66.3 cm³/mol. The number of thioether (sulfide) groups is 1. The van der Waals surface area contributed by atoms with E-state index in [1.807, 2.05) is 12.3 Å². The van der Waals surface area contributed by atoms with Crippen LogP contribution in [-0.2, 0) is 4.79 Å². The highest BCUT2D eigenvalue weighted by Gasteiger charge is 2.12. The summed E-state index contributed by atoms with van der Waals surface area (Å²) in [6, 6.07) is 5.23. The molecule has 0 unspecified atom stereocenters. The summed E-state index contributed by atoms with van der Waals surface area (Å²) in [5.74, 6) is -0.495. The topological polar surface area (TPSA) is 81.4 Å². The first-order valence-corrected chi connectivity index (χ1v) is 6.09. The van der Waals surface area contributed by atoms with Gasteiger partial charge in [0.2, 0.25) is 5.91 Å². The Labute approximate surface area is 104 Å². The van der Waals surface area contributed by atoms with Gasteiger partial charge in [-0.15, -0.1) is 11.8 Å². The van der Waals surface area contributed by atoms with E-state index in [1.165, 1.54) is 7.11 Å². The molecule has 17 heavy (non-hydrogen) atoms. The lowest BCUT2D eigenvalue weighted by Crippen LogP contribution is -2.33. The Morgan fingerprint density at radius 1 is 1.47 bits per heavy atom. The van der Waals surface area contributed by atoms with Crippen LogP contribution in [0.2, 0.25) is 0 Å². The smallest absolute Gasteiger partial charge is 0.255 e. The number of carbonyl (C=O) groups excluding carboxylic acids is 2. The van der Waals surface area contributed by atoms with Crippen molar-refractivity contribution >= 4 is 23.6 Å². The lowest BCUT2D eigenvalue weighted by Gasteiger charge is -2.09. The van der Waals surface area contributed by atoms with Crippen molar-refractivity contribution in [3.05, 3.63) is 23.8 Å². The first-order valence-electron chi connectivity index (χ1n) is 4.87. The molecular weight excluding hydrogens is 240 g/mol. The van der Waals surface area contributed by atoms with Gasteiger partial charge < -0.3 is 15.8 Å². The molecule has 1 aromatic rings. The molecular formula is C11H14N2O3S. The van der Waals surface area contributed by atoms with Crippen molar-refractivity contribution in [2.24, 2.45) is 5.73 Å². The van der Waals surface area contributed by atoms with Gasteiger partial charge in [0, 0.05) is 4.90 Å². The van der Waals surface area contributed by atoms with Gasteiger partial charge in [0.25, 0.3) is 5.91 Å². The number of primary amides is 1. The van der Waals surface area contributed by atoms with Crippen molar-refractivity contribution in [1.29, 1.82) is 0 Å². The van der Waals surface area contributed by atoms with Gasteiger partial charge in [0.05, 0.1) is 19.2 Å². The van der Waals surface area contributed by atoms with Gasteiger partial charge in [-0.2, -0.15) is 0 Å². The van der Waals surface area contributed by atoms with Crippen LogP contribution >= 0.6 is 11.8 Å². The third-order valence-electron chi connectivity index (χ3n) is 2.08. The average molecular weight is 254 g/mol. The molecule has 0 saturated heterocycles. The molecule has 0 bridgehead atoms. The van der Waals surface area contributed by atoms with Gasteiger partial charge in [-0.05, 0) is 24.5 Å². The summed E-state index contributed by atoms with van der Waals surface area (Å²) in [5, 5.41) is 2.41. The largest absolute Gasteiger partial charge is 0.496 e. The maximum absolute atomic E-state index is 11.7. The second kappa shape index (κ2) is 6.15. The van der Waals surface area contributed by atoms with Crippen LogP contribution in [0.1, 0.15) is 10.4 Å². The summed E-state index contributed by atoms with van der Waals surface area (Å²) in [5.41, 5.74) is 5.33. The number of amides is 2. The molecule has 0 aliphatic carbocycles. The molecule has 0 aliphatic rings. The zero-order valence-electron chi connectivity index (χ0n) is 9.65. The molecule has 92 valence electrons. The molecule has 0 atom stereocenters. The highest BCUT2D eigenvalue weighted by Crippen LogP contribution is 2.25. The zero-order chi connectivity index (χ0) is 12.8. The average Bonchev–Trinajstić information content (AvgIpc) is 2.34. The fourth-order valence-corrected chi connectivity index (χ4v) is 1.68. The molecule has 1 aromatic carbocycles. The lowest BCUT2D eigenvalue weighted by molar-refractivity contribution is -0.117. The van der Waals surface area contributed by atoms with E-state index in [0.717, 1.165) is 4.90 Å². The van der Waals surface area contributed by atoms with Crippen molar-refractivity contribution in [3.8, 4) is 5.75 Å². The Bertz CT molecular complexity index is 435. The van der Waals surface area contributed by atoms with Crippen LogP contribution in [0.15, 0.2) is 23.1 Å². The molecule has 0 spiro atoms. The van der Waals surface area contributed by atoms with E-state index < -0.39 is 5.91 Å². The molecule has 0 aliphatic heterocycles. The number of hydrogen-bond donors (Lipinski definition) is 2. The highest BCUT2D eigenvalue weighted by atomic mass is 32.2. The van der Waals surface area contributed by atoms with Crippen LogP contribution in [0.5, 0.6) is 5.75 Å². The molecule has 6 heteroatoms. The van der Waals surface area contributed by atoms with Crippen LogP contribution in [-0.4, -0.2) is 31.7 Å². The van der Waals surface area contributed by atoms with Crippen molar-refractivity contribution in [2.75, 3.05) is 19.9 Å². The second-order valence-electron chi connectivity index (χ2n) is 3.22. The van der Waals surface area contributed by atoms with Crippen LogP contribution < -0.4 is 15.8 Å². The lowest BCUT2D eigenvalue weighted by atomic mass is 10.2. The number of benzene rings is 1. The standard InChI is InChI=1S/C11H14N2O3S/c1-16-9-5-7(17-2)3-4-8(9)11(15)13-6-10(12)14/h3-5H,6H2,1-2H3,(H2,12,14)(H,13,15). The number of carbonyl (C=O) groups is 2. The first kappa shape index (κ1) is 13.4.